The van der Waals surface area contributed by atoms with E-state index >= 15 is 0 Å². The summed E-state index contributed by atoms with van der Waals surface area (Å²) in [6.07, 6.45) is 5.22. The molecule has 4 unspecified atom stereocenters. The fraction of sp³-hybridized carbons (Fsp3) is 0.500. The molecule has 2 aliphatic rings. The van der Waals surface area contributed by atoms with E-state index in [9.17, 15) is 19.2 Å². The maximum absolute atomic E-state index is 13.7. The van der Waals surface area contributed by atoms with Crippen molar-refractivity contribution in [1.82, 2.24) is 40.4 Å². The van der Waals surface area contributed by atoms with Crippen LogP contribution >= 0.6 is 0 Å². The normalized spacial score (nSPS) is 17.2. The molecule has 334 valence electrons. The molecule has 4 N–H and O–H groups in total. The van der Waals surface area contributed by atoms with Crippen LogP contribution in [0, 0.1) is 5.92 Å². The van der Waals surface area contributed by atoms with Crippen LogP contribution in [0.1, 0.15) is 70.2 Å². The van der Waals surface area contributed by atoms with Crippen molar-refractivity contribution in [3.05, 3.63) is 60.4 Å². The minimum atomic E-state index is -0.773. The molecule has 0 aliphatic carbocycles. The molecule has 6 rings (SSSR count). The highest BCUT2D eigenvalue weighted by molar-refractivity contribution is 5.87. The number of nitrogens with one attached hydrogen (secondary N) is 4. The Morgan fingerprint density at radius 1 is 0.661 bits per heavy atom. The van der Waals surface area contributed by atoms with Gasteiger partial charge in [0.1, 0.15) is 36.9 Å². The Morgan fingerprint density at radius 3 is 1.73 bits per heavy atom. The number of amides is 4. The molecule has 4 atom stereocenters. The molecule has 2 aromatic heterocycles. The monoisotopic (exact) mass is 858 g/mol. The second-order valence-electron chi connectivity index (χ2n) is 15.5. The number of hydrogen-bond acceptors (Lipinski definition) is 12. The summed E-state index contributed by atoms with van der Waals surface area (Å²) in [5.41, 5.74) is 4.72. The van der Waals surface area contributed by atoms with E-state index in [1.165, 1.54) is 14.2 Å². The number of rotatable bonds is 18. The molecule has 0 spiro atoms. The molecule has 4 aromatic rings. The van der Waals surface area contributed by atoms with E-state index < -0.39 is 24.3 Å². The first-order chi connectivity index (χ1) is 30.0. The fourth-order valence-corrected chi connectivity index (χ4v) is 7.92. The number of ether oxygens (including phenoxy) is 6. The molecule has 2 fully saturated rings. The number of alkyl carbamates (subject to hydrolysis) is 2. The first-order valence-electron chi connectivity index (χ1n) is 20.9. The zero-order valence-corrected chi connectivity index (χ0v) is 36.4. The number of carbonyl (C=O) groups excluding carboxylic acids is 4. The van der Waals surface area contributed by atoms with Crippen LogP contribution in [0.25, 0.3) is 33.6 Å². The number of hydrogen-bond donors (Lipinski definition) is 4. The van der Waals surface area contributed by atoms with Gasteiger partial charge in [-0.2, -0.15) is 0 Å². The van der Waals surface area contributed by atoms with Gasteiger partial charge in [-0.25, -0.2) is 19.6 Å². The van der Waals surface area contributed by atoms with Crippen molar-refractivity contribution in [2.24, 2.45) is 5.92 Å². The Kier molecular flexibility index (Phi) is 15.4. The second-order valence-corrected chi connectivity index (χ2v) is 15.5. The molecule has 18 nitrogen and oxygen atoms in total. The lowest BCUT2D eigenvalue weighted by atomic mass is 9.98. The smallest absolute Gasteiger partial charge is 0.407 e. The van der Waals surface area contributed by atoms with Gasteiger partial charge in [0.05, 0.1) is 63.3 Å². The Morgan fingerprint density at radius 2 is 1.16 bits per heavy atom. The van der Waals surface area contributed by atoms with E-state index in [1.807, 2.05) is 50.2 Å². The first kappa shape index (κ1) is 45.4. The third-order valence-electron chi connectivity index (χ3n) is 11.2. The van der Waals surface area contributed by atoms with Crippen molar-refractivity contribution in [3.8, 4) is 45.1 Å². The van der Waals surface area contributed by atoms with Gasteiger partial charge in [-0.05, 0) is 61.8 Å². The third-order valence-corrected chi connectivity index (χ3v) is 11.2. The molecule has 0 saturated carbocycles. The standard InChI is InChI=1S/C44H58N8O10/c1-26(2)36(50-44(56)60-7)42(54)52-19-9-11-35(52)39-45-24-32(48-39)29-14-12-28(13-15-29)30-16-17-31(38(62-23-21-58-5)37(30)61-22-20-57-4)33-25-46-40(49-33)34-10-8-18-51(34)41(53)27(3)47-43(55)59-6/h12-17,24-27,34-36H,8-11,18-23H2,1-7H3,(H,45,48)(H,46,49)(H,47,55)(H,50,56). The van der Waals surface area contributed by atoms with Gasteiger partial charge in [0, 0.05) is 38.4 Å². The summed E-state index contributed by atoms with van der Waals surface area (Å²) in [6.45, 7) is 7.67. The average molecular weight is 859 g/mol. The molecule has 0 radical (unpaired) electrons. The van der Waals surface area contributed by atoms with Crippen molar-refractivity contribution in [2.75, 3.05) is 68.0 Å². The molecular weight excluding hydrogens is 801 g/mol. The summed E-state index contributed by atoms with van der Waals surface area (Å²) in [4.78, 5) is 70.8. The Labute approximate surface area is 361 Å². The van der Waals surface area contributed by atoms with Crippen LogP contribution in [0.4, 0.5) is 9.59 Å². The minimum Gasteiger partial charge on any atom is -0.487 e. The van der Waals surface area contributed by atoms with Crippen LogP contribution in [0.2, 0.25) is 0 Å². The summed E-state index contributed by atoms with van der Waals surface area (Å²) in [5.74, 6) is 1.76. The van der Waals surface area contributed by atoms with Gasteiger partial charge in [-0.3, -0.25) is 9.59 Å². The van der Waals surface area contributed by atoms with E-state index in [2.05, 4.69) is 20.6 Å². The van der Waals surface area contributed by atoms with Crippen molar-refractivity contribution in [3.63, 3.8) is 0 Å². The van der Waals surface area contributed by atoms with Crippen LogP contribution in [0.15, 0.2) is 48.8 Å². The number of benzene rings is 2. The van der Waals surface area contributed by atoms with Crippen LogP contribution in [-0.2, 0) is 28.5 Å². The van der Waals surface area contributed by atoms with Crippen molar-refractivity contribution >= 4 is 24.0 Å². The molecule has 2 aromatic carbocycles. The van der Waals surface area contributed by atoms with Crippen molar-refractivity contribution < 1.29 is 47.6 Å². The van der Waals surface area contributed by atoms with Gasteiger partial charge < -0.3 is 58.8 Å². The second kappa shape index (κ2) is 21.1. The molecular formula is C44H58N8O10. The molecule has 0 bridgehead atoms. The molecule has 4 amide bonds. The number of methoxy groups -OCH3 is 4. The summed E-state index contributed by atoms with van der Waals surface area (Å²) in [6, 6.07) is 9.84. The zero-order chi connectivity index (χ0) is 44.3. The third kappa shape index (κ3) is 10.3. The lowest BCUT2D eigenvalue weighted by Gasteiger charge is -2.30. The molecule has 18 heteroatoms. The van der Waals surface area contributed by atoms with Crippen LogP contribution in [0.3, 0.4) is 0 Å². The summed E-state index contributed by atoms with van der Waals surface area (Å²) >= 11 is 0. The van der Waals surface area contributed by atoms with Crippen molar-refractivity contribution in [2.45, 2.75) is 70.6 Å². The predicted octanol–water partition coefficient (Wildman–Crippen LogP) is 5.64. The van der Waals surface area contributed by atoms with Crippen LogP contribution in [-0.4, -0.2) is 134 Å². The average Bonchev–Trinajstić information content (AvgIpc) is 4.13. The molecule has 4 heterocycles. The quantitative estimate of drug-likeness (QED) is 0.0897. The summed E-state index contributed by atoms with van der Waals surface area (Å²) in [7, 11) is 5.75. The highest BCUT2D eigenvalue weighted by Gasteiger charge is 2.38. The van der Waals surface area contributed by atoms with Gasteiger partial charge in [0.15, 0.2) is 11.5 Å². The lowest BCUT2D eigenvalue weighted by Crippen LogP contribution is -2.51. The van der Waals surface area contributed by atoms with E-state index in [0.29, 0.717) is 67.1 Å². The van der Waals surface area contributed by atoms with Crippen molar-refractivity contribution in [1.29, 1.82) is 0 Å². The van der Waals surface area contributed by atoms with E-state index in [1.54, 1.807) is 43.3 Å². The number of nitrogens with zero attached hydrogens (tertiary/aromatic N) is 4. The Hall–Kier alpha value is -6.14. The highest BCUT2D eigenvalue weighted by atomic mass is 16.6. The Balaban J connectivity index is 1.27. The van der Waals surface area contributed by atoms with Gasteiger partial charge in [-0.15, -0.1) is 0 Å². The predicted molar refractivity (Wildman–Crippen MR) is 228 cm³/mol. The number of aromatic amines is 2. The van der Waals surface area contributed by atoms with E-state index in [-0.39, 0.29) is 43.0 Å². The van der Waals surface area contributed by atoms with Gasteiger partial charge in [-0.1, -0.05) is 38.1 Å². The van der Waals surface area contributed by atoms with Crippen LogP contribution in [0.5, 0.6) is 11.5 Å². The maximum Gasteiger partial charge on any atom is 0.407 e. The Bertz CT molecular complexity index is 2150. The first-order valence-corrected chi connectivity index (χ1v) is 20.9. The molecule has 2 aliphatic heterocycles. The lowest BCUT2D eigenvalue weighted by molar-refractivity contribution is -0.135. The summed E-state index contributed by atoms with van der Waals surface area (Å²) < 4.78 is 33.0. The number of imidazole rings is 2. The van der Waals surface area contributed by atoms with E-state index in [0.717, 1.165) is 41.6 Å². The fourth-order valence-electron chi connectivity index (χ4n) is 7.92. The number of aromatic nitrogens is 4. The maximum atomic E-state index is 13.7. The number of carbonyl (C=O) groups is 4. The molecule has 62 heavy (non-hydrogen) atoms. The SMILES string of the molecule is COCCOc1c(-c2ccc(-c3cnc(C4CCCN4C(=O)C(NC(=O)OC)C(C)C)[nH]3)cc2)ccc(-c2cnc(C3CCCN3C(=O)C(C)NC(=O)OC)[nH]2)c1OCCOC. The minimum absolute atomic E-state index is 0.137. The summed E-state index contributed by atoms with van der Waals surface area (Å²) in [5, 5.41) is 5.26. The molecule has 2 saturated heterocycles. The van der Waals surface area contributed by atoms with Gasteiger partial charge in [0.2, 0.25) is 11.8 Å². The van der Waals surface area contributed by atoms with Gasteiger partial charge in [0.25, 0.3) is 0 Å². The number of H-pyrrole nitrogens is 2. The van der Waals surface area contributed by atoms with E-state index in [4.69, 9.17) is 38.4 Å². The zero-order valence-electron chi connectivity index (χ0n) is 36.4. The largest absolute Gasteiger partial charge is 0.487 e. The highest BCUT2D eigenvalue weighted by Crippen LogP contribution is 2.46. The van der Waals surface area contributed by atoms with Crippen LogP contribution < -0.4 is 20.1 Å². The van der Waals surface area contributed by atoms with Gasteiger partial charge >= 0.3 is 12.2 Å². The number of likely N-dealkylation sites (tertiary alicyclic amines) is 2. The topological polar surface area (TPSA) is 212 Å².